The Morgan fingerprint density at radius 3 is 2.73 bits per heavy atom. The van der Waals surface area contributed by atoms with Crippen LogP contribution in [0.15, 0.2) is 34.9 Å². The van der Waals surface area contributed by atoms with E-state index in [-0.39, 0.29) is 33.6 Å². The maximum Gasteiger partial charge on any atom is 0.266 e. The molecule has 0 atom stereocenters. The quantitative estimate of drug-likeness (QED) is 0.655. The van der Waals surface area contributed by atoms with Gasteiger partial charge in [0.1, 0.15) is 10.7 Å². The second-order valence-electron chi connectivity index (χ2n) is 4.05. The van der Waals surface area contributed by atoms with E-state index in [1.165, 1.54) is 6.07 Å². The highest BCUT2D eigenvalue weighted by Crippen LogP contribution is 2.30. The second kappa shape index (κ2) is 6.48. The van der Waals surface area contributed by atoms with Crippen molar-refractivity contribution in [2.24, 2.45) is 0 Å². The topological polar surface area (TPSA) is 73.9 Å². The van der Waals surface area contributed by atoms with Gasteiger partial charge in [-0.2, -0.15) is 4.98 Å². The van der Waals surface area contributed by atoms with Gasteiger partial charge < -0.3 is 9.15 Å². The minimum absolute atomic E-state index is 0.00941. The zero-order chi connectivity index (χ0) is 15.5. The minimum Gasteiger partial charge on any atom is -0.466 e. The van der Waals surface area contributed by atoms with E-state index in [1.54, 1.807) is 18.3 Å². The first-order chi connectivity index (χ1) is 10.6. The number of hydrogen-bond donors (Lipinski definition) is 0. The van der Waals surface area contributed by atoms with Crippen molar-refractivity contribution in [1.82, 2.24) is 20.2 Å². The molecule has 9 heteroatoms. The molecule has 0 aliphatic rings. The summed E-state index contributed by atoms with van der Waals surface area (Å²) in [4.78, 5) is 8.04. The van der Waals surface area contributed by atoms with Crippen molar-refractivity contribution in [3.05, 3.63) is 51.6 Å². The molecule has 0 aliphatic heterocycles. The zero-order valence-electron chi connectivity index (χ0n) is 10.8. The highest BCUT2D eigenvalue weighted by atomic mass is 35.5. The van der Waals surface area contributed by atoms with E-state index >= 15 is 0 Å². The summed E-state index contributed by atoms with van der Waals surface area (Å²) < 4.78 is 10.9. The number of pyridine rings is 2. The smallest absolute Gasteiger partial charge is 0.266 e. The van der Waals surface area contributed by atoms with Crippen LogP contribution >= 0.6 is 34.8 Å². The molecule has 22 heavy (non-hydrogen) atoms. The Labute approximate surface area is 140 Å². The highest BCUT2D eigenvalue weighted by Gasteiger charge is 2.13. The molecule has 6 nitrogen and oxygen atoms in total. The molecule has 0 fully saturated rings. The maximum absolute atomic E-state index is 5.96. The van der Waals surface area contributed by atoms with Crippen molar-refractivity contribution in [1.29, 1.82) is 0 Å². The molecule has 0 bridgehead atoms. The Bertz CT molecular complexity index is 795. The van der Waals surface area contributed by atoms with Crippen LogP contribution in [0.1, 0.15) is 5.89 Å². The Kier molecular flexibility index (Phi) is 4.42. The van der Waals surface area contributed by atoms with Gasteiger partial charge in [0.2, 0.25) is 5.88 Å². The van der Waals surface area contributed by atoms with Crippen LogP contribution in [-0.4, -0.2) is 20.2 Å². The monoisotopic (exact) mass is 356 g/mol. The van der Waals surface area contributed by atoms with Gasteiger partial charge in [-0.3, -0.25) is 4.98 Å². The fraction of sp³-hybridized carbons (Fsp3) is 0.0769. The molecule has 0 aromatic carbocycles. The first-order valence-corrected chi connectivity index (χ1v) is 7.15. The van der Waals surface area contributed by atoms with Crippen LogP contribution in [0.5, 0.6) is 5.88 Å². The largest absolute Gasteiger partial charge is 0.466 e. The summed E-state index contributed by atoms with van der Waals surface area (Å²) >= 11 is 17.6. The lowest BCUT2D eigenvalue weighted by atomic mass is 10.3. The third kappa shape index (κ3) is 3.30. The van der Waals surface area contributed by atoms with Crippen molar-refractivity contribution >= 4 is 34.8 Å². The van der Waals surface area contributed by atoms with Crippen molar-refractivity contribution in [3.63, 3.8) is 0 Å². The fourth-order valence-corrected chi connectivity index (χ4v) is 2.11. The van der Waals surface area contributed by atoms with Crippen LogP contribution in [-0.2, 0) is 6.61 Å². The maximum atomic E-state index is 5.96. The van der Waals surface area contributed by atoms with E-state index in [0.29, 0.717) is 11.6 Å². The average molecular weight is 358 g/mol. The van der Waals surface area contributed by atoms with Gasteiger partial charge in [-0.25, -0.2) is 0 Å². The summed E-state index contributed by atoms with van der Waals surface area (Å²) in [6.07, 6.45) is 1.63. The highest BCUT2D eigenvalue weighted by molar-refractivity contribution is 6.42. The van der Waals surface area contributed by atoms with Crippen molar-refractivity contribution in [2.45, 2.75) is 6.61 Å². The van der Waals surface area contributed by atoms with E-state index in [0.717, 1.165) is 0 Å². The molecule has 3 aromatic rings. The van der Waals surface area contributed by atoms with E-state index in [1.807, 2.05) is 6.07 Å². The minimum atomic E-state index is -0.00941. The van der Waals surface area contributed by atoms with Gasteiger partial charge in [-0.1, -0.05) is 40.9 Å². The molecular formula is C13H7Cl3N4O2. The van der Waals surface area contributed by atoms with Crippen molar-refractivity contribution < 1.29 is 9.15 Å². The number of rotatable bonds is 4. The molecule has 0 saturated heterocycles. The van der Waals surface area contributed by atoms with E-state index in [4.69, 9.17) is 44.0 Å². The Hall–Kier alpha value is -1.89. The van der Waals surface area contributed by atoms with Crippen LogP contribution in [0.2, 0.25) is 15.2 Å². The van der Waals surface area contributed by atoms with E-state index in [9.17, 15) is 0 Å². The van der Waals surface area contributed by atoms with E-state index < -0.39 is 0 Å². The molecule has 0 unspecified atom stereocenters. The molecule has 3 heterocycles. The van der Waals surface area contributed by atoms with Crippen molar-refractivity contribution in [3.8, 4) is 17.5 Å². The van der Waals surface area contributed by atoms with Crippen LogP contribution in [0.25, 0.3) is 11.6 Å². The zero-order valence-corrected chi connectivity index (χ0v) is 13.1. The Morgan fingerprint density at radius 1 is 1.09 bits per heavy atom. The summed E-state index contributed by atoms with van der Waals surface area (Å²) in [7, 11) is 0. The summed E-state index contributed by atoms with van der Waals surface area (Å²) in [5.41, 5.74) is 0.576. The molecule has 0 spiro atoms. The first-order valence-electron chi connectivity index (χ1n) is 6.01. The predicted molar refractivity (Wildman–Crippen MR) is 81.1 cm³/mol. The van der Waals surface area contributed by atoms with Gasteiger partial charge in [0.25, 0.3) is 11.8 Å². The molecule has 0 N–H and O–H groups in total. The Balaban J connectivity index is 1.73. The van der Waals surface area contributed by atoms with Gasteiger partial charge in [0.05, 0.1) is 5.02 Å². The lowest BCUT2D eigenvalue weighted by Crippen LogP contribution is -1.98. The van der Waals surface area contributed by atoms with Gasteiger partial charge in [-0.05, 0) is 18.2 Å². The number of aromatic nitrogens is 4. The first kappa shape index (κ1) is 15.0. The molecule has 0 radical (unpaired) electrons. The lowest BCUT2D eigenvalue weighted by Gasteiger charge is -2.05. The predicted octanol–water partition coefficient (Wildman–Crippen LogP) is 4.07. The van der Waals surface area contributed by atoms with Gasteiger partial charge in [0, 0.05) is 6.20 Å². The third-order valence-electron chi connectivity index (χ3n) is 2.54. The van der Waals surface area contributed by atoms with Crippen molar-refractivity contribution in [2.75, 3.05) is 0 Å². The molecule has 3 aromatic heterocycles. The number of hydrogen-bond acceptors (Lipinski definition) is 6. The molecule has 0 amide bonds. The second-order valence-corrected chi connectivity index (χ2v) is 5.22. The third-order valence-corrected chi connectivity index (χ3v) is 3.48. The van der Waals surface area contributed by atoms with Crippen LogP contribution < -0.4 is 4.74 Å². The number of nitrogens with zero attached hydrogens (tertiary/aromatic N) is 4. The number of ether oxygens (including phenoxy) is 1. The molecule has 112 valence electrons. The average Bonchev–Trinajstić information content (AvgIpc) is 2.99. The SMILES string of the molecule is Clc1cc(Cl)c(OCc2nnc(-c3ccccn3)o2)nc1Cl. The van der Waals surface area contributed by atoms with Gasteiger partial charge in [0.15, 0.2) is 11.8 Å². The summed E-state index contributed by atoms with van der Waals surface area (Å²) in [5.74, 6) is 0.686. The van der Waals surface area contributed by atoms with Gasteiger partial charge in [-0.15, -0.1) is 10.2 Å². The molecular weight excluding hydrogens is 351 g/mol. The lowest BCUT2D eigenvalue weighted by molar-refractivity contribution is 0.255. The van der Waals surface area contributed by atoms with E-state index in [2.05, 4.69) is 20.2 Å². The standard InChI is InChI=1S/C13H7Cl3N4O2/c14-7-5-8(15)12(18-11(7)16)21-6-10-19-20-13(22-10)9-3-1-2-4-17-9/h1-5H,6H2. The van der Waals surface area contributed by atoms with Crippen LogP contribution in [0.3, 0.4) is 0 Å². The van der Waals surface area contributed by atoms with Gasteiger partial charge >= 0.3 is 0 Å². The molecule has 0 aliphatic carbocycles. The van der Waals surface area contributed by atoms with Crippen LogP contribution in [0.4, 0.5) is 0 Å². The summed E-state index contributed by atoms with van der Waals surface area (Å²) in [5, 5.41) is 8.34. The fourth-order valence-electron chi connectivity index (χ4n) is 1.56. The Morgan fingerprint density at radius 2 is 1.95 bits per heavy atom. The summed E-state index contributed by atoms with van der Waals surface area (Å²) in [6.45, 7) is -0.00941. The normalized spacial score (nSPS) is 10.7. The molecule has 3 rings (SSSR count). The molecule has 0 saturated carbocycles. The number of halogens is 3. The summed E-state index contributed by atoms with van der Waals surface area (Å²) in [6, 6.07) is 6.82. The van der Waals surface area contributed by atoms with Crippen LogP contribution in [0, 0.1) is 0 Å².